The number of ketones is 1. The molecule has 5 heteroatoms. The molecule has 0 spiro atoms. The zero-order valence-corrected chi connectivity index (χ0v) is 17.3. The van der Waals surface area contributed by atoms with E-state index in [9.17, 15) is 4.79 Å². The Hall–Kier alpha value is -2.79. The number of Topliss-reactive ketones (excluding diaryl/α,β-unsaturated/α-hetero) is 1. The molecule has 0 radical (unpaired) electrons. The quantitative estimate of drug-likeness (QED) is 0.612. The molecule has 3 aromatic carbocycles. The third kappa shape index (κ3) is 2.40. The SMILES string of the molecule is COc1ccc2c3c(c4cc(OC)c(OC)cc4c2c1)CN1CCC[C@]1(C)C3=O. The highest BCUT2D eigenvalue weighted by molar-refractivity contribution is 6.22. The number of carbonyl (C=O) groups is 1. The molecule has 0 saturated carbocycles. The molecule has 150 valence electrons. The summed E-state index contributed by atoms with van der Waals surface area (Å²) in [5, 5.41) is 4.08. The number of benzene rings is 3. The summed E-state index contributed by atoms with van der Waals surface area (Å²) >= 11 is 0. The summed E-state index contributed by atoms with van der Waals surface area (Å²) in [5.41, 5.74) is 1.52. The number of fused-ring (bicyclic) bond motifs is 7. The van der Waals surface area contributed by atoms with Gasteiger partial charge in [-0.15, -0.1) is 0 Å². The van der Waals surface area contributed by atoms with Gasteiger partial charge in [-0.25, -0.2) is 0 Å². The molecule has 5 nitrogen and oxygen atoms in total. The van der Waals surface area contributed by atoms with E-state index in [1.165, 1.54) is 0 Å². The van der Waals surface area contributed by atoms with Crippen LogP contribution in [-0.4, -0.2) is 44.1 Å². The van der Waals surface area contributed by atoms with E-state index in [0.717, 1.165) is 64.4 Å². The van der Waals surface area contributed by atoms with Crippen LogP contribution in [0.5, 0.6) is 17.2 Å². The maximum absolute atomic E-state index is 13.8. The van der Waals surface area contributed by atoms with Crippen LogP contribution >= 0.6 is 0 Å². The van der Waals surface area contributed by atoms with Crippen molar-refractivity contribution >= 4 is 27.3 Å². The molecule has 2 aliphatic rings. The van der Waals surface area contributed by atoms with Crippen molar-refractivity contribution < 1.29 is 19.0 Å². The zero-order valence-electron chi connectivity index (χ0n) is 17.3. The van der Waals surface area contributed by atoms with Crippen LogP contribution in [0.4, 0.5) is 0 Å². The number of nitrogens with zero attached hydrogens (tertiary/aromatic N) is 1. The van der Waals surface area contributed by atoms with Crippen LogP contribution in [0.3, 0.4) is 0 Å². The second-order valence-electron chi connectivity index (χ2n) is 8.15. The van der Waals surface area contributed by atoms with Gasteiger partial charge in [-0.2, -0.15) is 0 Å². The lowest BCUT2D eigenvalue weighted by atomic mass is 9.78. The van der Waals surface area contributed by atoms with Crippen LogP contribution in [0.1, 0.15) is 35.7 Å². The van der Waals surface area contributed by atoms with Gasteiger partial charge in [-0.3, -0.25) is 9.69 Å². The second kappa shape index (κ2) is 6.36. The zero-order chi connectivity index (χ0) is 20.3. The highest BCUT2D eigenvalue weighted by Gasteiger charge is 2.48. The van der Waals surface area contributed by atoms with E-state index in [0.29, 0.717) is 11.5 Å². The van der Waals surface area contributed by atoms with Gasteiger partial charge in [-0.05, 0) is 83.8 Å². The molecule has 2 heterocycles. The standard InChI is InChI=1S/C24H25NO4/c1-24-8-5-9-25(24)13-19-18-12-21(29-4)20(28-3)11-17(18)16-10-14(27-2)6-7-15(16)22(19)23(24)26/h6-7,10-12H,5,8-9,13H2,1-4H3/t24-/m1/s1. The Labute approximate surface area is 170 Å². The van der Waals surface area contributed by atoms with Gasteiger partial charge in [0.05, 0.1) is 26.9 Å². The van der Waals surface area contributed by atoms with E-state index < -0.39 is 5.54 Å². The molecular formula is C24H25NO4. The van der Waals surface area contributed by atoms with Crippen LogP contribution < -0.4 is 14.2 Å². The van der Waals surface area contributed by atoms with Crippen molar-refractivity contribution in [3.8, 4) is 17.2 Å². The summed E-state index contributed by atoms with van der Waals surface area (Å²) in [6, 6.07) is 10.00. The Bertz CT molecular complexity index is 1170. The normalized spacial score (nSPS) is 21.3. The molecule has 0 unspecified atom stereocenters. The van der Waals surface area contributed by atoms with E-state index in [2.05, 4.69) is 11.8 Å². The van der Waals surface area contributed by atoms with Crippen LogP contribution in [0.25, 0.3) is 21.5 Å². The third-order valence-corrected chi connectivity index (χ3v) is 6.79. The van der Waals surface area contributed by atoms with Gasteiger partial charge in [-0.1, -0.05) is 0 Å². The minimum Gasteiger partial charge on any atom is -0.497 e. The maximum atomic E-state index is 13.8. The van der Waals surface area contributed by atoms with E-state index in [1.807, 2.05) is 30.3 Å². The average Bonchev–Trinajstić information content (AvgIpc) is 3.14. The molecule has 0 N–H and O–H groups in total. The van der Waals surface area contributed by atoms with E-state index >= 15 is 0 Å². The van der Waals surface area contributed by atoms with Gasteiger partial charge in [0.25, 0.3) is 0 Å². The average molecular weight is 391 g/mol. The van der Waals surface area contributed by atoms with Crippen molar-refractivity contribution in [3.05, 3.63) is 41.5 Å². The first-order chi connectivity index (χ1) is 14.0. The summed E-state index contributed by atoms with van der Waals surface area (Å²) in [6.07, 6.45) is 1.96. The van der Waals surface area contributed by atoms with Crippen LogP contribution in [0, 0.1) is 0 Å². The van der Waals surface area contributed by atoms with Crippen molar-refractivity contribution in [2.75, 3.05) is 27.9 Å². The van der Waals surface area contributed by atoms with Crippen molar-refractivity contribution in [2.45, 2.75) is 31.8 Å². The van der Waals surface area contributed by atoms with Gasteiger partial charge >= 0.3 is 0 Å². The monoisotopic (exact) mass is 391 g/mol. The molecule has 0 amide bonds. The number of carbonyl (C=O) groups excluding carboxylic acids is 1. The topological polar surface area (TPSA) is 48.0 Å². The summed E-state index contributed by atoms with van der Waals surface area (Å²) in [5.74, 6) is 2.34. The molecular weight excluding hydrogens is 366 g/mol. The summed E-state index contributed by atoms with van der Waals surface area (Å²) in [6.45, 7) is 3.82. The molecule has 2 aliphatic heterocycles. The Morgan fingerprint density at radius 2 is 1.59 bits per heavy atom. The first-order valence-corrected chi connectivity index (χ1v) is 10.00. The van der Waals surface area contributed by atoms with Crippen LogP contribution in [0.15, 0.2) is 30.3 Å². The van der Waals surface area contributed by atoms with Crippen LogP contribution in [0.2, 0.25) is 0 Å². The fraction of sp³-hybridized carbons (Fsp3) is 0.375. The maximum Gasteiger partial charge on any atom is 0.183 e. The molecule has 5 rings (SSSR count). The van der Waals surface area contributed by atoms with Crippen LogP contribution in [-0.2, 0) is 6.54 Å². The smallest absolute Gasteiger partial charge is 0.183 e. The number of methoxy groups -OCH3 is 3. The van der Waals surface area contributed by atoms with E-state index in [-0.39, 0.29) is 5.78 Å². The van der Waals surface area contributed by atoms with Gasteiger partial charge in [0.15, 0.2) is 17.3 Å². The van der Waals surface area contributed by atoms with E-state index in [4.69, 9.17) is 14.2 Å². The predicted molar refractivity (Wildman–Crippen MR) is 113 cm³/mol. The Morgan fingerprint density at radius 1 is 0.897 bits per heavy atom. The lowest BCUT2D eigenvalue weighted by molar-refractivity contribution is 0.0652. The van der Waals surface area contributed by atoms with Gasteiger partial charge < -0.3 is 14.2 Å². The molecule has 29 heavy (non-hydrogen) atoms. The number of hydrogen-bond acceptors (Lipinski definition) is 5. The van der Waals surface area contributed by atoms with Crippen molar-refractivity contribution in [3.63, 3.8) is 0 Å². The number of rotatable bonds is 3. The first-order valence-electron chi connectivity index (χ1n) is 10.00. The summed E-state index contributed by atoms with van der Waals surface area (Å²) < 4.78 is 16.6. The summed E-state index contributed by atoms with van der Waals surface area (Å²) in [7, 11) is 4.95. The predicted octanol–water partition coefficient (Wildman–Crippen LogP) is 4.57. The highest BCUT2D eigenvalue weighted by Crippen LogP contribution is 2.46. The highest BCUT2D eigenvalue weighted by atomic mass is 16.5. The molecule has 0 aromatic heterocycles. The third-order valence-electron chi connectivity index (χ3n) is 6.79. The second-order valence-corrected chi connectivity index (χ2v) is 8.15. The number of hydrogen-bond donors (Lipinski definition) is 0. The van der Waals surface area contributed by atoms with Crippen molar-refractivity contribution in [1.29, 1.82) is 0 Å². The van der Waals surface area contributed by atoms with Gasteiger partial charge in [0.2, 0.25) is 0 Å². The molecule has 1 fully saturated rings. The lowest BCUT2D eigenvalue weighted by Gasteiger charge is -2.40. The fourth-order valence-corrected chi connectivity index (χ4v) is 5.15. The molecule has 1 saturated heterocycles. The molecule has 0 bridgehead atoms. The Morgan fingerprint density at radius 3 is 2.28 bits per heavy atom. The van der Waals surface area contributed by atoms with Gasteiger partial charge in [0.1, 0.15) is 5.75 Å². The fourth-order valence-electron chi connectivity index (χ4n) is 5.15. The molecule has 0 aliphatic carbocycles. The summed E-state index contributed by atoms with van der Waals surface area (Å²) in [4.78, 5) is 16.1. The lowest BCUT2D eigenvalue weighted by Crippen LogP contribution is -2.51. The minimum absolute atomic E-state index is 0.225. The van der Waals surface area contributed by atoms with Crippen molar-refractivity contribution in [2.24, 2.45) is 0 Å². The first kappa shape index (κ1) is 18.3. The largest absolute Gasteiger partial charge is 0.497 e. The van der Waals surface area contributed by atoms with E-state index in [1.54, 1.807) is 21.3 Å². The Kier molecular flexibility index (Phi) is 4.00. The molecule has 3 aromatic rings. The number of ether oxygens (including phenoxy) is 3. The minimum atomic E-state index is -0.413. The Balaban J connectivity index is 1.94. The molecule has 1 atom stereocenters. The van der Waals surface area contributed by atoms with Gasteiger partial charge in [0, 0.05) is 12.1 Å². The van der Waals surface area contributed by atoms with Crippen molar-refractivity contribution in [1.82, 2.24) is 4.90 Å².